The fourth-order valence-electron chi connectivity index (χ4n) is 3.70. The van der Waals surface area contributed by atoms with E-state index < -0.39 is 0 Å². The highest BCUT2D eigenvalue weighted by molar-refractivity contribution is 7.80. The number of hydrogen-bond donors (Lipinski definition) is 2. The van der Waals surface area contributed by atoms with Crippen molar-refractivity contribution in [2.75, 3.05) is 33.8 Å². The van der Waals surface area contributed by atoms with Crippen LogP contribution in [-0.4, -0.2) is 44.6 Å². The van der Waals surface area contributed by atoms with E-state index in [0.717, 1.165) is 50.0 Å². The molecule has 6 heteroatoms. The van der Waals surface area contributed by atoms with E-state index >= 15 is 0 Å². The molecule has 0 saturated heterocycles. The van der Waals surface area contributed by atoms with Gasteiger partial charge in [0.15, 0.2) is 0 Å². The van der Waals surface area contributed by atoms with Crippen LogP contribution >= 0.6 is 12.6 Å². The van der Waals surface area contributed by atoms with Crippen LogP contribution < -0.4 is 10.1 Å². The molecule has 1 aromatic rings. The Labute approximate surface area is 168 Å². The smallest absolute Gasteiger partial charge is 0.224 e. The molecule has 0 aromatic heterocycles. The lowest BCUT2D eigenvalue weighted by molar-refractivity contribution is -0.127. The molecule has 0 spiro atoms. The molecule has 0 radical (unpaired) electrons. The number of carbonyl (C=O) groups is 1. The molecule has 1 saturated carbocycles. The molecule has 3 atom stereocenters. The van der Waals surface area contributed by atoms with Gasteiger partial charge in [-0.25, -0.2) is 0 Å². The molecule has 148 valence electrons. The number of ether oxygens (including phenoxy) is 1. The van der Waals surface area contributed by atoms with Crippen LogP contribution in [0.15, 0.2) is 24.3 Å². The Morgan fingerprint density at radius 2 is 2.04 bits per heavy atom. The lowest BCUT2D eigenvalue weighted by Crippen LogP contribution is -2.38. The molecule has 0 bridgehead atoms. The van der Waals surface area contributed by atoms with Crippen molar-refractivity contribution in [3.8, 4) is 11.8 Å². The highest BCUT2D eigenvalue weighted by atomic mass is 32.1. The van der Waals surface area contributed by atoms with Gasteiger partial charge in [0.05, 0.1) is 12.7 Å². The third-order valence-electron chi connectivity index (χ3n) is 5.14. The van der Waals surface area contributed by atoms with Gasteiger partial charge in [0.2, 0.25) is 5.91 Å². The number of nitriles is 1. The highest BCUT2D eigenvalue weighted by Crippen LogP contribution is 2.42. The van der Waals surface area contributed by atoms with Gasteiger partial charge in [0.25, 0.3) is 0 Å². The first kappa shape index (κ1) is 21.6. The number of nitrogens with one attached hydrogen (secondary N) is 1. The number of amides is 1. The summed E-state index contributed by atoms with van der Waals surface area (Å²) in [6, 6.07) is 10.1. The van der Waals surface area contributed by atoms with Gasteiger partial charge in [-0.2, -0.15) is 17.9 Å². The van der Waals surface area contributed by atoms with Gasteiger partial charge >= 0.3 is 0 Å². The van der Waals surface area contributed by atoms with Crippen LogP contribution in [0, 0.1) is 23.2 Å². The fraction of sp³-hybridized carbons (Fsp3) is 0.619. The summed E-state index contributed by atoms with van der Waals surface area (Å²) in [5.74, 6) is 0.968. The first-order chi connectivity index (χ1) is 13.0. The SMILES string of the molecule is CN(C)CCCOc1ccc(C(S)[C@H]2CCCC[C@@H]2C(=O)NCC#N)cc1. The minimum Gasteiger partial charge on any atom is -0.494 e. The molecule has 1 unspecified atom stereocenters. The van der Waals surface area contributed by atoms with Crippen LogP contribution in [0.2, 0.25) is 0 Å². The average molecular weight is 390 g/mol. The second-order valence-corrected chi connectivity index (χ2v) is 8.01. The Morgan fingerprint density at radius 3 is 2.70 bits per heavy atom. The normalized spacial score (nSPS) is 20.7. The lowest BCUT2D eigenvalue weighted by atomic mass is 9.75. The van der Waals surface area contributed by atoms with E-state index in [4.69, 9.17) is 22.6 Å². The van der Waals surface area contributed by atoms with Gasteiger partial charge in [-0.05, 0) is 57.0 Å². The maximum absolute atomic E-state index is 12.4. The van der Waals surface area contributed by atoms with Crippen molar-refractivity contribution in [2.45, 2.75) is 37.4 Å². The van der Waals surface area contributed by atoms with Gasteiger partial charge in [0, 0.05) is 17.7 Å². The van der Waals surface area contributed by atoms with Gasteiger partial charge < -0.3 is 15.0 Å². The summed E-state index contributed by atoms with van der Waals surface area (Å²) in [6.45, 7) is 1.78. The van der Waals surface area contributed by atoms with Gasteiger partial charge in [-0.15, -0.1) is 0 Å². The van der Waals surface area contributed by atoms with Crippen molar-refractivity contribution in [3.63, 3.8) is 0 Å². The maximum atomic E-state index is 12.4. The lowest BCUT2D eigenvalue weighted by Gasteiger charge is -2.34. The molecule has 1 fully saturated rings. The average Bonchev–Trinajstić information content (AvgIpc) is 2.69. The van der Waals surface area contributed by atoms with Crippen molar-refractivity contribution in [2.24, 2.45) is 11.8 Å². The maximum Gasteiger partial charge on any atom is 0.224 e. The van der Waals surface area contributed by atoms with Crippen molar-refractivity contribution >= 4 is 18.5 Å². The zero-order chi connectivity index (χ0) is 19.6. The first-order valence-electron chi connectivity index (χ1n) is 9.73. The van der Waals surface area contributed by atoms with E-state index in [9.17, 15) is 4.79 Å². The Balaban J connectivity index is 1.95. The van der Waals surface area contributed by atoms with E-state index in [2.05, 4.69) is 36.4 Å². The molecule has 27 heavy (non-hydrogen) atoms. The molecule has 1 aliphatic rings. The molecule has 0 aliphatic heterocycles. The molecule has 1 amide bonds. The van der Waals surface area contributed by atoms with Crippen molar-refractivity contribution < 1.29 is 9.53 Å². The third-order valence-corrected chi connectivity index (χ3v) is 5.82. The zero-order valence-electron chi connectivity index (χ0n) is 16.4. The monoisotopic (exact) mass is 389 g/mol. The first-order valence-corrected chi connectivity index (χ1v) is 10.2. The summed E-state index contributed by atoms with van der Waals surface area (Å²) in [4.78, 5) is 14.6. The van der Waals surface area contributed by atoms with Crippen LogP contribution in [0.25, 0.3) is 0 Å². The van der Waals surface area contributed by atoms with Crippen molar-refractivity contribution in [1.82, 2.24) is 10.2 Å². The number of rotatable bonds is 9. The molecular formula is C21H31N3O2S. The van der Waals surface area contributed by atoms with Gasteiger partial charge in [-0.3, -0.25) is 4.79 Å². The number of nitrogens with zero attached hydrogens (tertiary/aromatic N) is 2. The highest BCUT2D eigenvalue weighted by Gasteiger charge is 2.35. The minimum absolute atomic E-state index is 0.00549. The Hall–Kier alpha value is -1.71. The minimum atomic E-state index is -0.0726. The van der Waals surface area contributed by atoms with Crippen LogP contribution in [-0.2, 0) is 4.79 Å². The second-order valence-electron chi connectivity index (χ2n) is 7.45. The molecule has 1 aliphatic carbocycles. The number of thiol groups is 1. The molecule has 5 nitrogen and oxygen atoms in total. The Morgan fingerprint density at radius 1 is 1.33 bits per heavy atom. The molecule has 2 rings (SSSR count). The Bertz CT molecular complexity index is 627. The molecular weight excluding hydrogens is 358 g/mol. The Kier molecular flexibility index (Phi) is 8.96. The summed E-state index contributed by atoms with van der Waals surface area (Å²) in [5, 5.41) is 11.4. The van der Waals surface area contributed by atoms with Gasteiger partial charge in [0.1, 0.15) is 12.3 Å². The predicted molar refractivity (Wildman–Crippen MR) is 111 cm³/mol. The molecule has 1 aromatic carbocycles. The zero-order valence-corrected chi connectivity index (χ0v) is 17.3. The van der Waals surface area contributed by atoms with E-state index in [1.807, 2.05) is 18.2 Å². The summed E-state index contributed by atoms with van der Waals surface area (Å²) in [7, 11) is 4.11. The van der Waals surface area contributed by atoms with E-state index in [1.54, 1.807) is 0 Å². The van der Waals surface area contributed by atoms with Gasteiger partial charge in [-0.1, -0.05) is 25.0 Å². The number of carbonyl (C=O) groups excluding carboxylic acids is 1. The van der Waals surface area contributed by atoms with Crippen molar-refractivity contribution in [3.05, 3.63) is 29.8 Å². The number of benzene rings is 1. The third kappa shape index (κ3) is 6.75. The van der Waals surface area contributed by atoms with Crippen molar-refractivity contribution in [1.29, 1.82) is 5.26 Å². The summed E-state index contributed by atoms with van der Waals surface area (Å²) in [5.41, 5.74) is 1.11. The summed E-state index contributed by atoms with van der Waals surface area (Å²) >= 11 is 4.86. The van der Waals surface area contributed by atoms with Crippen LogP contribution in [0.3, 0.4) is 0 Å². The van der Waals surface area contributed by atoms with E-state index in [0.29, 0.717) is 6.61 Å². The van der Waals surface area contributed by atoms with Crippen LogP contribution in [0.4, 0.5) is 0 Å². The fourth-order valence-corrected chi connectivity index (χ4v) is 4.23. The number of hydrogen-bond acceptors (Lipinski definition) is 5. The van der Waals surface area contributed by atoms with Crippen LogP contribution in [0.1, 0.15) is 42.9 Å². The second kappa shape index (κ2) is 11.2. The summed E-state index contributed by atoms with van der Waals surface area (Å²) in [6.07, 6.45) is 5.03. The largest absolute Gasteiger partial charge is 0.494 e. The summed E-state index contributed by atoms with van der Waals surface area (Å²) < 4.78 is 5.79. The van der Waals surface area contributed by atoms with E-state index in [1.165, 1.54) is 0 Å². The standard InChI is InChI=1S/C21H31N3O2S/c1-24(2)14-5-15-26-17-10-8-16(9-11-17)20(27)18-6-3-4-7-19(18)21(25)23-13-12-22/h8-11,18-20,27H,3-7,13-15H2,1-2H3,(H,23,25)/t18-,19-,20?/m0/s1. The van der Waals surface area contributed by atoms with E-state index in [-0.39, 0.29) is 29.5 Å². The molecule has 1 N–H and O–H groups in total. The van der Waals surface area contributed by atoms with Crippen LogP contribution in [0.5, 0.6) is 5.75 Å². The predicted octanol–water partition coefficient (Wildman–Crippen LogP) is 3.43. The molecule has 0 heterocycles. The quantitative estimate of drug-likeness (QED) is 0.386. The topological polar surface area (TPSA) is 65.4 Å².